The van der Waals surface area contributed by atoms with Crippen LogP contribution >= 0.6 is 7.37 Å². The summed E-state index contributed by atoms with van der Waals surface area (Å²) in [6.45, 7) is 1.36. The van der Waals surface area contributed by atoms with Crippen molar-refractivity contribution in [3.63, 3.8) is 0 Å². The number of amides is 2. The van der Waals surface area contributed by atoms with Crippen LogP contribution in [0.1, 0.15) is 29.6 Å². The number of benzene rings is 3. The van der Waals surface area contributed by atoms with Gasteiger partial charge in [-0.1, -0.05) is 61.0 Å². The highest BCUT2D eigenvalue weighted by Crippen LogP contribution is 2.53. The van der Waals surface area contributed by atoms with Crippen molar-refractivity contribution in [2.24, 2.45) is 5.92 Å². The molecule has 1 unspecified atom stereocenters. The summed E-state index contributed by atoms with van der Waals surface area (Å²) in [6.07, 6.45) is 2.10. The van der Waals surface area contributed by atoms with Crippen molar-refractivity contribution in [1.29, 1.82) is 0 Å². The Bertz CT molecular complexity index is 1170. The summed E-state index contributed by atoms with van der Waals surface area (Å²) in [5.41, 5.74) is 3.40. The van der Waals surface area contributed by atoms with E-state index in [0.29, 0.717) is 29.8 Å². The van der Waals surface area contributed by atoms with Gasteiger partial charge in [0.15, 0.2) is 5.78 Å². The van der Waals surface area contributed by atoms with E-state index in [0.717, 1.165) is 17.5 Å². The lowest BCUT2D eigenvalue weighted by Gasteiger charge is -2.21. The lowest BCUT2D eigenvalue weighted by atomic mass is 9.94. The number of hydrogen-bond donors (Lipinski definition) is 3. The first-order valence-corrected chi connectivity index (χ1v) is 13.2. The summed E-state index contributed by atoms with van der Waals surface area (Å²) in [6, 6.07) is 23.7. The average molecular weight is 462 g/mol. The van der Waals surface area contributed by atoms with Crippen molar-refractivity contribution in [2.75, 3.05) is 17.3 Å². The molecule has 0 aromatic heterocycles. The van der Waals surface area contributed by atoms with E-state index in [9.17, 15) is 19.0 Å². The molecule has 0 bridgehead atoms. The Kier molecular flexibility index (Phi) is 6.77. The van der Waals surface area contributed by atoms with Crippen LogP contribution in [0.25, 0.3) is 11.1 Å². The molecule has 0 aliphatic heterocycles. The molecular weight excluding hydrogens is 435 g/mol. The van der Waals surface area contributed by atoms with Crippen molar-refractivity contribution in [3.8, 4) is 11.1 Å². The minimum atomic E-state index is -3.29. The monoisotopic (exact) mass is 462 g/mol. The first-order chi connectivity index (χ1) is 15.8. The summed E-state index contributed by atoms with van der Waals surface area (Å²) in [4.78, 5) is 35.1. The highest BCUT2D eigenvalue weighted by Gasteiger charge is 2.41. The maximum absolute atomic E-state index is 13.0. The van der Waals surface area contributed by atoms with Crippen molar-refractivity contribution in [2.45, 2.75) is 24.9 Å². The number of hydrogen-bond acceptors (Lipinski definition) is 3. The second kappa shape index (κ2) is 9.74. The van der Waals surface area contributed by atoms with Crippen molar-refractivity contribution >= 4 is 30.6 Å². The molecule has 33 heavy (non-hydrogen) atoms. The molecule has 3 N–H and O–H groups in total. The zero-order chi connectivity index (χ0) is 23.4. The van der Waals surface area contributed by atoms with Crippen molar-refractivity contribution in [3.05, 3.63) is 84.4 Å². The van der Waals surface area contributed by atoms with Crippen molar-refractivity contribution < 1.29 is 19.0 Å². The minimum Gasteiger partial charge on any atom is -0.344 e. The van der Waals surface area contributed by atoms with Crippen LogP contribution in [0.5, 0.6) is 0 Å². The lowest BCUT2D eigenvalue weighted by molar-refractivity contribution is 0.0922. The zero-order valence-corrected chi connectivity index (χ0v) is 19.3. The molecule has 3 aromatic rings. The second-order valence-corrected chi connectivity index (χ2v) is 11.1. The van der Waals surface area contributed by atoms with Crippen LogP contribution in [0.15, 0.2) is 78.9 Å². The normalized spacial score (nSPS) is 19.5. The van der Waals surface area contributed by atoms with E-state index in [1.807, 2.05) is 66.7 Å². The maximum Gasteiger partial charge on any atom is 0.323 e. The average Bonchev–Trinajstić information content (AvgIpc) is 3.31. The smallest absolute Gasteiger partial charge is 0.323 e. The van der Waals surface area contributed by atoms with E-state index in [2.05, 4.69) is 10.6 Å². The van der Waals surface area contributed by atoms with Gasteiger partial charge in [-0.25, -0.2) is 4.79 Å². The Morgan fingerprint density at radius 2 is 1.36 bits per heavy atom. The van der Waals surface area contributed by atoms with Crippen LogP contribution in [0.4, 0.5) is 16.2 Å². The highest BCUT2D eigenvalue weighted by molar-refractivity contribution is 7.58. The van der Waals surface area contributed by atoms with Gasteiger partial charge in [0.25, 0.3) is 0 Å². The number of rotatable bonds is 6. The van der Waals surface area contributed by atoms with Gasteiger partial charge in [0, 0.05) is 35.2 Å². The van der Waals surface area contributed by atoms with Crippen LogP contribution in [-0.4, -0.2) is 29.0 Å². The van der Waals surface area contributed by atoms with Crippen LogP contribution in [0, 0.1) is 5.92 Å². The third-order valence-electron chi connectivity index (χ3n) is 6.11. The summed E-state index contributed by atoms with van der Waals surface area (Å²) in [5, 5.41) is 5.58. The third kappa shape index (κ3) is 5.59. The Morgan fingerprint density at radius 1 is 0.818 bits per heavy atom. The van der Waals surface area contributed by atoms with Crippen LogP contribution in [0.3, 0.4) is 0 Å². The van der Waals surface area contributed by atoms with Gasteiger partial charge in [-0.3, -0.25) is 9.36 Å². The number of para-hydroxylation sites is 1. The quantitative estimate of drug-likeness (QED) is 0.298. The number of carbonyl (C=O) groups excluding carboxylic acids is 2. The molecule has 3 aromatic carbocycles. The predicted octanol–water partition coefficient (Wildman–Crippen LogP) is 6.25. The van der Waals surface area contributed by atoms with Gasteiger partial charge in [0.2, 0.25) is 7.37 Å². The number of anilines is 2. The molecule has 1 fully saturated rings. The van der Waals surface area contributed by atoms with E-state index in [1.165, 1.54) is 6.66 Å². The fraction of sp³-hybridized carbons (Fsp3) is 0.231. The molecule has 1 aliphatic rings. The Balaban J connectivity index is 1.40. The third-order valence-corrected chi connectivity index (χ3v) is 7.96. The highest BCUT2D eigenvalue weighted by atomic mass is 31.2. The predicted molar refractivity (Wildman–Crippen MR) is 132 cm³/mol. The maximum atomic E-state index is 13.0. The molecule has 4 rings (SSSR count). The van der Waals surface area contributed by atoms with E-state index in [4.69, 9.17) is 0 Å². The topological polar surface area (TPSA) is 95.5 Å². The summed E-state index contributed by atoms with van der Waals surface area (Å²) >= 11 is 0. The van der Waals surface area contributed by atoms with Gasteiger partial charge >= 0.3 is 6.03 Å². The Morgan fingerprint density at radius 3 is 1.94 bits per heavy atom. The van der Waals surface area contributed by atoms with Crippen LogP contribution in [0.2, 0.25) is 0 Å². The van der Waals surface area contributed by atoms with Gasteiger partial charge in [-0.2, -0.15) is 0 Å². The Labute approximate surface area is 193 Å². The largest absolute Gasteiger partial charge is 0.344 e. The second-order valence-electron chi connectivity index (χ2n) is 8.51. The van der Waals surface area contributed by atoms with Crippen LogP contribution in [-0.2, 0) is 4.57 Å². The van der Waals surface area contributed by atoms with Gasteiger partial charge in [0.05, 0.1) is 0 Å². The van der Waals surface area contributed by atoms with Gasteiger partial charge in [0.1, 0.15) is 0 Å². The molecule has 1 saturated carbocycles. The first kappa shape index (κ1) is 23.0. The van der Waals surface area contributed by atoms with E-state index < -0.39 is 13.0 Å². The molecule has 0 saturated heterocycles. The van der Waals surface area contributed by atoms with Gasteiger partial charge < -0.3 is 15.5 Å². The SMILES string of the molecule is CP(=O)(O)[C@@H]1CCC[C@H]1C(=O)c1ccc(-c2ccc(NC(=O)Nc3ccccc3)cc2)cc1. The van der Waals surface area contributed by atoms with E-state index >= 15 is 0 Å². The molecule has 0 spiro atoms. The minimum absolute atomic E-state index is 0.0517. The molecule has 0 heterocycles. The molecular formula is C26H27N2O4P. The van der Waals surface area contributed by atoms with Crippen LogP contribution < -0.4 is 10.6 Å². The number of ketones is 1. The first-order valence-electron chi connectivity index (χ1n) is 11.0. The van der Waals surface area contributed by atoms with Gasteiger partial charge in [-0.15, -0.1) is 0 Å². The molecule has 7 heteroatoms. The number of carbonyl (C=O) groups is 2. The number of nitrogens with one attached hydrogen (secondary N) is 2. The molecule has 0 radical (unpaired) electrons. The standard InChI is InChI=1S/C26H27N2O4P/c1-33(31,32)24-9-5-8-23(24)25(29)20-12-10-18(11-13-20)19-14-16-22(17-15-19)28-26(30)27-21-6-3-2-4-7-21/h2-4,6-7,10-17,23-24H,5,8-9H2,1H3,(H,31,32)(H2,27,28,30)/t23-,24-/m1/s1. The molecule has 170 valence electrons. The summed E-state index contributed by atoms with van der Waals surface area (Å²) in [7, 11) is -3.29. The molecule has 1 aliphatic carbocycles. The van der Waals surface area contributed by atoms with Crippen molar-refractivity contribution in [1.82, 2.24) is 0 Å². The zero-order valence-electron chi connectivity index (χ0n) is 18.4. The lowest BCUT2D eigenvalue weighted by Crippen LogP contribution is -2.23. The molecule has 3 atom stereocenters. The summed E-state index contributed by atoms with van der Waals surface area (Å²) < 4.78 is 12.2. The molecule has 2 amide bonds. The fourth-order valence-corrected chi connectivity index (χ4v) is 6.04. The summed E-state index contributed by atoms with van der Waals surface area (Å²) in [5.74, 6) is -0.437. The van der Waals surface area contributed by atoms with E-state index in [-0.39, 0.29) is 17.7 Å². The van der Waals surface area contributed by atoms with Gasteiger partial charge in [-0.05, 0) is 48.2 Å². The van der Waals surface area contributed by atoms with E-state index in [1.54, 1.807) is 12.1 Å². The fourth-order valence-electron chi connectivity index (χ4n) is 4.42. The number of urea groups is 1. The number of Topliss-reactive ketones (excluding diaryl/α,β-unsaturated/α-hetero) is 1. The molecule has 6 nitrogen and oxygen atoms in total. The Hall–Kier alpha value is -3.21.